The number of rotatable bonds is 1. The van der Waals surface area contributed by atoms with Gasteiger partial charge in [-0.2, -0.15) is 0 Å². The molecule has 1 aliphatic rings. The van der Waals surface area contributed by atoms with Crippen LogP contribution >= 0.6 is 0 Å². The van der Waals surface area contributed by atoms with Gasteiger partial charge in [0.25, 0.3) is 0 Å². The van der Waals surface area contributed by atoms with E-state index in [0.29, 0.717) is 12.5 Å². The van der Waals surface area contributed by atoms with E-state index in [1.165, 1.54) is 0 Å². The molecular formula is C9H19NO. The number of hydrogen-bond acceptors (Lipinski definition) is 2. The minimum absolute atomic E-state index is 0.282. The summed E-state index contributed by atoms with van der Waals surface area (Å²) in [6.45, 7) is 9.26. The summed E-state index contributed by atoms with van der Waals surface area (Å²) in [5.41, 5.74) is 0.282. The minimum atomic E-state index is 0.282. The maximum absolute atomic E-state index is 8.92. The highest BCUT2D eigenvalue weighted by atomic mass is 16.3. The summed E-state index contributed by atoms with van der Waals surface area (Å²) in [4.78, 5) is 2.44. The molecule has 2 nitrogen and oxygen atoms in total. The average molecular weight is 157 g/mol. The van der Waals surface area contributed by atoms with E-state index in [0.717, 1.165) is 19.5 Å². The molecule has 0 amide bonds. The lowest BCUT2D eigenvalue weighted by atomic mass is 10.1. The molecule has 1 aliphatic heterocycles. The first-order valence-corrected chi connectivity index (χ1v) is 4.40. The van der Waals surface area contributed by atoms with Crippen molar-refractivity contribution in [1.29, 1.82) is 0 Å². The van der Waals surface area contributed by atoms with Crippen LogP contribution < -0.4 is 0 Å². The number of likely N-dealkylation sites (tertiary alicyclic amines) is 1. The van der Waals surface area contributed by atoms with Gasteiger partial charge in [0.15, 0.2) is 0 Å². The summed E-state index contributed by atoms with van der Waals surface area (Å²) >= 11 is 0. The Morgan fingerprint density at radius 3 is 2.36 bits per heavy atom. The molecule has 0 saturated carbocycles. The molecule has 0 bridgehead atoms. The second-order valence-corrected chi connectivity index (χ2v) is 4.45. The molecule has 11 heavy (non-hydrogen) atoms. The van der Waals surface area contributed by atoms with Gasteiger partial charge in [-0.1, -0.05) is 0 Å². The van der Waals surface area contributed by atoms with Gasteiger partial charge in [-0.3, -0.25) is 4.90 Å². The van der Waals surface area contributed by atoms with Crippen LogP contribution in [0.25, 0.3) is 0 Å². The lowest BCUT2D eigenvalue weighted by molar-refractivity contribution is 0.154. The molecule has 1 saturated heterocycles. The Labute approximate surface area is 69.2 Å². The van der Waals surface area contributed by atoms with Gasteiger partial charge in [-0.15, -0.1) is 0 Å². The van der Waals surface area contributed by atoms with Crippen LogP contribution in [0.2, 0.25) is 0 Å². The van der Waals surface area contributed by atoms with Crippen LogP contribution in [0.5, 0.6) is 0 Å². The Bertz CT molecular complexity index is 128. The summed E-state index contributed by atoms with van der Waals surface area (Å²) in [5.74, 6) is 0.522. The van der Waals surface area contributed by atoms with Gasteiger partial charge in [0.2, 0.25) is 0 Å². The van der Waals surface area contributed by atoms with Crippen molar-refractivity contribution >= 4 is 0 Å². The molecule has 1 fully saturated rings. The molecule has 0 aromatic rings. The Kier molecular flexibility index (Phi) is 2.55. The lowest BCUT2D eigenvalue weighted by Gasteiger charge is -2.31. The quantitative estimate of drug-likeness (QED) is 0.616. The third-order valence-corrected chi connectivity index (χ3v) is 2.49. The van der Waals surface area contributed by atoms with Crippen LogP contribution in [0.1, 0.15) is 27.2 Å². The third-order valence-electron chi connectivity index (χ3n) is 2.49. The van der Waals surface area contributed by atoms with E-state index in [1.54, 1.807) is 0 Å². The predicted molar refractivity (Wildman–Crippen MR) is 46.5 cm³/mol. The van der Waals surface area contributed by atoms with Crippen LogP contribution in [0.15, 0.2) is 0 Å². The Hall–Kier alpha value is -0.0800. The maximum atomic E-state index is 8.92. The van der Waals surface area contributed by atoms with Gasteiger partial charge >= 0.3 is 0 Å². The van der Waals surface area contributed by atoms with Crippen molar-refractivity contribution < 1.29 is 5.11 Å². The average Bonchev–Trinajstić information content (AvgIpc) is 2.32. The van der Waals surface area contributed by atoms with E-state index in [-0.39, 0.29) is 5.54 Å². The molecule has 0 aromatic heterocycles. The van der Waals surface area contributed by atoms with E-state index in [4.69, 9.17) is 5.11 Å². The monoisotopic (exact) mass is 157 g/mol. The molecule has 1 heterocycles. The van der Waals surface area contributed by atoms with Gasteiger partial charge in [0.05, 0.1) is 0 Å². The molecule has 0 spiro atoms. The highest BCUT2D eigenvalue weighted by molar-refractivity contribution is 4.84. The fourth-order valence-electron chi connectivity index (χ4n) is 1.59. The number of nitrogens with zero attached hydrogens (tertiary/aromatic N) is 1. The first-order chi connectivity index (χ1) is 5.04. The first kappa shape index (κ1) is 9.01. The van der Waals surface area contributed by atoms with Crippen molar-refractivity contribution in [3.8, 4) is 0 Å². The Morgan fingerprint density at radius 2 is 2.09 bits per heavy atom. The van der Waals surface area contributed by atoms with Crippen LogP contribution in [-0.2, 0) is 0 Å². The van der Waals surface area contributed by atoms with Gasteiger partial charge in [-0.25, -0.2) is 0 Å². The van der Waals surface area contributed by atoms with Crippen molar-refractivity contribution in [2.45, 2.75) is 32.7 Å². The molecule has 0 radical (unpaired) electrons. The minimum Gasteiger partial charge on any atom is -0.396 e. The molecule has 1 N–H and O–H groups in total. The topological polar surface area (TPSA) is 23.5 Å². The van der Waals surface area contributed by atoms with Crippen molar-refractivity contribution in [2.24, 2.45) is 5.92 Å². The largest absolute Gasteiger partial charge is 0.396 e. The van der Waals surface area contributed by atoms with Crippen LogP contribution in [0.4, 0.5) is 0 Å². The van der Waals surface area contributed by atoms with E-state index in [2.05, 4.69) is 25.7 Å². The summed E-state index contributed by atoms with van der Waals surface area (Å²) < 4.78 is 0. The SMILES string of the molecule is CC(C)(C)N1CC[C@H](CO)C1. The standard InChI is InChI=1S/C9H19NO/c1-9(2,3)10-5-4-8(6-10)7-11/h8,11H,4-7H2,1-3H3/t8-/m0/s1. The predicted octanol–water partition coefficient (Wildman–Crippen LogP) is 1.10. The second kappa shape index (κ2) is 3.11. The van der Waals surface area contributed by atoms with Crippen molar-refractivity contribution in [3.05, 3.63) is 0 Å². The normalized spacial score (nSPS) is 27.8. The fraction of sp³-hybridized carbons (Fsp3) is 1.00. The second-order valence-electron chi connectivity index (χ2n) is 4.45. The number of hydrogen-bond donors (Lipinski definition) is 1. The molecule has 0 unspecified atom stereocenters. The Morgan fingerprint density at radius 1 is 1.45 bits per heavy atom. The van der Waals surface area contributed by atoms with Crippen LogP contribution in [-0.4, -0.2) is 35.2 Å². The Balaban J connectivity index is 2.42. The molecule has 1 atom stereocenters. The first-order valence-electron chi connectivity index (χ1n) is 4.40. The summed E-state index contributed by atoms with van der Waals surface area (Å²) in [5, 5.41) is 8.92. The summed E-state index contributed by atoms with van der Waals surface area (Å²) in [7, 11) is 0. The van der Waals surface area contributed by atoms with E-state index < -0.39 is 0 Å². The molecule has 66 valence electrons. The van der Waals surface area contributed by atoms with E-state index in [9.17, 15) is 0 Å². The van der Waals surface area contributed by atoms with Crippen molar-refractivity contribution in [3.63, 3.8) is 0 Å². The summed E-state index contributed by atoms with van der Waals surface area (Å²) in [6, 6.07) is 0. The van der Waals surface area contributed by atoms with E-state index in [1.807, 2.05) is 0 Å². The highest BCUT2D eigenvalue weighted by Gasteiger charge is 2.29. The van der Waals surface area contributed by atoms with Gasteiger partial charge in [0.1, 0.15) is 0 Å². The van der Waals surface area contributed by atoms with E-state index >= 15 is 0 Å². The molecule has 0 aromatic carbocycles. The van der Waals surface area contributed by atoms with Gasteiger partial charge < -0.3 is 5.11 Å². The van der Waals surface area contributed by atoms with Crippen LogP contribution in [0.3, 0.4) is 0 Å². The third kappa shape index (κ3) is 2.17. The molecule has 2 heteroatoms. The fourth-order valence-corrected chi connectivity index (χ4v) is 1.59. The molecular weight excluding hydrogens is 138 g/mol. The smallest absolute Gasteiger partial charge is 0.0471 e. The molecule has 0 aliphatic carbocycles. The zero-order valence-corrected chi connectivity index (χ0v) is 7.80. The zero-order valence-electron chi connectivity index (χ0n) is 7.80. The maximum Gasteiger partial charge on any atom is 0.0471 e. The van der Waals surface area contributed by atoms with Crippen molar-refractivity contribution in [2.75, 3.05) is 19.7 Å². The molecule has 1 rings (SSSR count). The summed E-state index contributed by atoms with van der Waals surface area (Å²) in [6.07, 6.45) is 1.16. The zero-order chi connectivity index (χ0) is 8.48. The van der Waals surface area contributed by atoms with Gasteiger partial charge in [-0.05, 0) is 39.7 Å². The lowest BCUT2D eigenvalue weighted by Crippen LogP contribution is -2.39. The van der Waals surface area contributed by atoms with Crippen LogP contribution in [0, 0.1) is 5.92 Å². The number of aliphatic hydroxyl groups is 1. The number of aliphatic hydroxyl groups excluding tert-OH is 1. The highest BCUT2D eigenvalue weighted by Crippen LogP contribution is 2.23. The van der Waals surface area contributed by atoms with Gasteiger partial charge in [0, 0.05) is 18.7 Å². The van der Waals surface area contributed by atoms with Crippen molar-refractivity contribution in [1.82, 2.24) is 4.90 Å².